The SMILES string of the molecule is Cc1ccsc1C(N)CC(C)(C)CC(N)=O. The van der Waals surface area contributed by atoms with E-state index in [9.17, 15) is 4.79 Å². The van der Waals surface area contributed by atoms with Crippen LogP contribution in [0.15, 0.2) is 11.4 Å². The normalized spacial score (nSPS) is 13.8. The van der Waals surface area contributed by atoms with Gasteiger partial charge in [0.05, 0.1) is 0 Å². The maximum atomic E-state index is 10.9. The van der Waals surface area contributed by atoms with E-state index < -0.39 is 0 Å². The summed E-state index contributed by atoms with van der Waals surface area (Å²) in [6, 6.07) is 2.07. The first-order valence-corrected chi connectivity index (χ1v) is 6.28. The van der Waals surface area contributed by atoms with Gasteiger partial charge in [0.2, 0.25) is 5.91 Å². The number of thiophene rings is 1. The van der Waals surface area contributed by atoms with Crippen molar-refractivity contribution >= 4 is 17.2 Å². The standard InChI is InChI=1S/C12H20N2OS/c1-8-4-5-16-11(8)9(13)6-12(2,3)7-10(14)15/h4-5,9H,6-7,13H2,1-3H3,(H2,14,15). The molecule has 0 bridgehead atoms. The summed E-state index contributed by atoms with van der Waals surface area (Å²) in [6.07, 6.45) is 1.16. The number of nitrogens with two attached hydrogens (primary N) is 2. The van der Waals surface area contributed by atoms with Crippen LogP contribution in [0, 0.1) is 12.3 Å². The smallest absolute Gasteiger partial charge is 0.217 e. The third-order valence-corrected chi connectivity index (χ3v) is 3.81. The van der Waals surface area contributed by atoms with Gasteiger partial charge in [0, 0.05) is 17.3 Å². The molecular formula is C12H20N2OS. The maximum Gasteiger partial charge on any atom is 0.217 e. The van der Waals surface area contributed by atoms with Crippen molar-refractivity contribution in [1.29, 1.82) is 0 Å². The zero-order chi connectivity index (χ0) is 12.3. The van der Waals surface area contributed by atoms with Crippen LogP contribution in [0.4, 0.5) is 0 Å². The summed E-state index contributed by atoms with van der Waals surface area (Å²) in [5, 5.41) is 2.05. The van der Waals surface area contributed by atoms with Crippen LogP contribution in [0.5, 0.6) is 0 Å². The van der Waals surface area contributed by atoms with Crippen LogP contribution in [0.3, 0.4) is 0 Å². The van der Waals surface area contributed by atoms with Gasteiger partial charge in [-0.2, -0.15) is 0 Å². The van der Waals surface area contributed by atoms with Crippen LogP contribution in [0.2, 0.25) is 0 Å². The van der Waals surface area contributed by atoms with Gasteiger partial charge in [-0.1, -0.05) is 13.8 Å². The van der Waals surface area contributed by atoms with E-state index in [0.717, 1.165) is 6.42 Å². The Labute approximate surface area is 101 Å². The van der Waals surface area contributed by atoms with Gasteiger partial charge in [0.15, 0.2) is 0 Å². The second-order valence-electron chi connectivity index (χ2n) is 5.09. The number of aryl methyl sites for hydroxylation is 1. The third kappa shape index (κ3) is 3.61. The number of amides is 1. The summed E-state index contributed by atoms with van der Waals surface area (Å²) < 4.78 is 0. The van der Waals surface area contributed by atoms with E-state index >= 15 is 0 Å². The first-order chi connectivity index (χ1) is 7.32. The van der Waals surface area contributed by atoms with Gasteiger partial charge in [-0.3, -0.25) is 4.79 Å². The molecule has 0 aromatic carbocycles. The van der Waals surface area contributed by atoms with E-state index in [2.05, 4.69) is 13.0 Å². The van der Waals surface area contributed by atoms with E-state index in [-0.39, 0.29) is 17.4 Å². The highest BCUT2D eigenvalue weighted by Crippen LogP contribution is 2.34. The van der Waals surface area contributed by atoms with Gasteiger partial charge in [0.25, 0.3) is 0 Å². The topological polar surface area (TPSA) is 69.1 Å². The van der Waals surface area contributed by atoms with Crippen molar-refractivity contribution < 1.29 is 4.79 Å². The lowest BCUT2D eigenvalue weighted by Gasteiger charge is -2.26. The maximum absolute atomic E-state index is 10.9. The molecule has 1 atom stereocenters. The molecule has 1 unspecified atom stereocenters. The van der Waals surface area contributed by atoms with Crippen molar-refractivity contribution in [3.63, 3.8) is 0 Å². The zero-order valence-electron chi connectivity index (χ0n) is 10.1. The summed E-state index contributed by atoms with van der Waals surface area (Å²) in [4.78, 5) is 12.1. The number of carbonyl (C=O) groups excluding carboxylic acids is 1. The highest BCUT2D eigenvalue weighted by molar-refractivity contribution is 7.10. The van der Waals surface area contributed by atoms with E-state index in [4.69, 9.17) is 11.5 Å². The minimum Gasteiger partial charge on any atom is -0.370 e. The van der Waals surface area contributed by atoms with Crippen LogP contribution >= 0.6 is 11.3 Å². The Morgan fingerprint density at radius 2 is 2.19 bits per heavy atom. The van der Waals surface area contributed by atoms with Crippen molar-refractivity contribution in [2.24, 2.45) is 16.9 Å². The molecule has 0 spiro atoms. The van der Waals surface area contributed by atoms with Gasteiger partial charge in [0.1, 0.15) is 0 Å². The lowest BCUT2D eigenvalue weighted by molar-refractivity contribution is -0.120. The molecule has 0 aliphatic rings. The van der Waals surface area contributed by atoms with Crippen molar-refractivity contribution in [2.45, 2.75) is 39.7 Å². The Balaban J connectivity index is 2.67. The number of hydrogen-bond acceptors (Lipinski definition) is 3. The van der Waals surface area contributed by atoms with E-state index in [1.54, 1.807) is 11.3 Å². The highest BCUT2D eigenvalue weighted by Gasteiger charge is 2.25. The molecule has 1 aromatic rings. The van der Waals surface area contributed by atoms with Gasteiger partial charge < -0.3 is 11.5 Å². The molecule has 0 fully saturated rings. The fourth-order valence-electron chi connectivity index (χ4n) is 2.00. The fraction of sp³-hybridized carbons (Fsp3) is 0.583. The number of hydrogen-bond donors (Lipinski definition) is 2. The van der Waals surface area contributed by atoms with Gasteiger partial charge in [-0.15, -0.1) is 11.3 Å². The van der Waals surface area contributed by atoms with Gasteiger partial charge in [-0.05, 0) is 35.8 Å². The fourth-order valence-corrected chi connectivity index (χ4v) is 2.93. The predicted octanol–water partition coefficient (Wildman–Crippen LogP) is 2.35. The summed E-state index contributed by atoms with van der Waals surface area (Å²) >= 11 is 1.68. The van der Waals surface area contributed by atoms with Crippen molar-refractivity contribution in [3.05, 3.63) is 21.9 Å². The average Bonchev–Trinajstić information content (AvgIpc) is 2.47. The van der Waals surface area contributed by atoms with E-state index in [1.807, 2.05) is 19.2 Å². The predicted molar refractivity (Wildman–Crippen MR) is 68.2 cm³/mol. The Kier molecular flexibility index (Phi) is 4.10. The summed E-state index contributed by atoms with van der Waals surface area (Å²) in [5.74, 6) is -0.264. The Morgan fingerprint density at radius 1 is 1.56 bits per heavy atom. The zero-order valence-corrected chi connectivity index (χ0v) is 10.9. The van der Waals surface area contributed by atoms with Crippen LogP contribution in [-0.4, -0.2) is 5.91 Å². The molecule has 0 radical (unpaired) electrons. The number of primary amides is 1. The van der Waals surface area contributed by atoms with E-state index in [0.29, 0.717) is 6.42 Å². The molecule has 1 rings (SSSR count). The Hall–Kier alpha value is -0.870. The highest BCUT2D eigenvalue weighted by atomic mass is 32.1. The van der Waals surface area contributed by atoms with Crippen molar-refractivity contribution in [3.8, 4) is 0 Å². The number of rotatable bonds is 5. The molecule has 16 heavy (non-hydrogen) atoms. The molecule has 3 nitrogen and oxygen atoms in total. The molecule has 1 aromatic heterocycles. The quantitative estimate of drug-likeness (QED) is 0.829. The third-order valence-electron chi connectivity index (χ3n) is 2.66. The van der Waals surface area contributed by atoms with Crippen LogP contribution in [-0.2, 0) is 4.79 Å². The minimum atomic E-state index is -0.264. The second kappa shape index (κ2) is 4.97. The molecule has 4 heteroatoms. The Morgan fingerprint density at radius 3 is 2.62 bits per heavy atom. The molecule has 0 aliphatic carbocycles. The molecule has 1 heterocycles. The monoisotopic (exact) mass is 240 g/mol. The first kappa shape index (κ1) is 13.2. The lowest BCUT2D eigenvalue weighted by atomic mass is 9.82. The van der Waals surface area contributed by atoms with Crippen molar-refractivity contribution in [2.75, 3.05) is 0 Å². The van der Waals surface area contributed by atoms with E-state index in [1.165, 1.54) is 10.4 Å². The molecule has 0 saturated heterocycles. The molecule has 90 valence electrons. The molecular weight excluding hydrogens is 220 g/mol. The largest absolute Gasteiger partial charge is 0.370 e. The minimum absolute atomic E-state index is 0.00523. The van der Waals surface area contributed by atoms with Crippen molar-refractivity contribution in [1.82, 2.24) is 0 Å². The van der Waals surface area contributed by atoms with Crippen LogP contribution in [0.25, 0.3) is 0 Å². The first-order valence-electron chi connectivity index (χ1n) is 5.40. The average molecular weight is 240 g/mol. The van der Waals surface area contributed by atoms with Gasteiger partial charge >= 0.3 is 0 Å². The van der Waals surface area contributed by atoms with Crippen LogP contribution < -0.4 is 11.5 Å². The molecule has 1 amide bonds. The summed E-state index contributed by atoms with van der Waals surface area (Å²) in [7, 11) is 0. The summed E-state index contributed by atoms with van der Waals surface area (Å²) in [5.41, 5.74) is 12.5. The second-order valence-corrected chi connectivity index (χ2v) is 6.03. The lowest BCUT2D eigenvalue weighted by Crippen LogP contribution is -2.26. The molecule has 4 N–H and O–H groups in total. The molecule has 0 aliphatic heterocycles. The number of carbonyl (C=O) groups is 1. The Bertz CT molecular complexity index is 371. The van der Waals surface area contributed by atoms with Gasteiger partial charge in [-0.25, -0.2) is 0 Å². The summed E-state index contributed by atoms with van der Waals surface area (Å²) in [6.45, 7) is 6.12. The molecule has 0 saturated carbocycles. The van der Waals surface area contributed by atoms with Crippen LogP contribution in [0.1, 0.15) is 43.2 Å².